The molecule has 5 nitrogen and oxygen atoms in total. The van der Waals surface area contributed by atoms with Crippen molar-refractivity contribution in [2.45, 2.75) is 12.7 Å². The van der Waals surface area contributed by atoms with E-state index in [1.54, 1.807) is 0 Å². The number of halogens is 3. The van der Waals surface area contributed by atoms with Crippen molar-refractivity contribution in [1.82, 2.24) is 9.80 Å². The van der Waals surface area contributed by atoms with Crippen molar-refractivity contribution in [3.63, 3.8) is 0 Å². The summed E-state index contributed by atoms with van der Waals surface area (Å²) in [6.45, 7) is 0.0620. The van der Waals surface area contributed by atoms with Gasteiger partial charge in [-0.25, -0.2) is 0 Å². The Hall–Kier alpha value is -2.51. The molecule has 8 heteroatoms. The van der Waals surface area contributed by atoms with E-state index >= 15 is 0 Å². The molecular formula is C15H15F3N2O3. The lowest BCUT2D eigenvalue weighted by Crippen LogP contribution is -2.30. The van der Waals surface area contributed by atoms with Crippen LogP contribution in [0.2, 0.25) is 0 Å². The highest BCUT2D eigenvalue weighted by atomic mass is 19.4. The molecule has 0 bridgehead atoms. The fraction of sp³-hybridized carbons (Fsp3) is 0.333. The number of aliphatic hydroxyl groups excluding tert-OH is 1. The molecule has 124 valence electrons. The average molecular weight is 328 g/mol. The van der Waals surface area contributed by atoms with Gasteiger partial charge < -0.3 is 14.9 Å². The maximum Gasteiger partial charge on any atom is 0.416 e. The lowest BCUT2D eigenvalue weighted by Gasteiger charge is -2.18. The number of rotatable bonds is 3. The standard InChI is InChI=1S/C15H15F3N2O3/c1-19(13(22)11-8-20(2)14(23)12(11)21)7-9-3-5-10(6-4-9)15(16,17)18/h3-6,21H,7-8H2,1-2H3. The summed E-state index contributed by atoms with van der Waals surface area (Å²) in [5.41, 5.74) is -0.280. The Balaban J connectivity index is 2.09. The molecule has 23 heavy (non-hydrogen) atoms. The van der Waals surface area contributed by atoms with Gasteiger partial charge in [-0.15, -0.1) is 0 Å². The third-order valence-corrected chi connectivity index (χ3v) is 3.54. The zero-order valence-electron chi connectivity index (χ0n) is 12.5. The van der Waals surface area contributed by atoms with Crippen LogP contribution in [-0.2, 0) is 22.3 Å². The smallest absolute Gasteiger partial charge is 0.416 e. The second-order valence-corrected chi connectivity index (χ2v) is 5.34. The van der Waals surface area contributed by atoms with E-state index < -0.39 is 29.3 Å². The summed E-state index contributed by atoms with van der Waals surface area (Å²) in [5.74, 6) is -1.76. The molecule has 0 aliphatic carbocycles. The van der Waals surface area contributed by atoms with Crippen LogP contribution in [0.5, 0.6) is 0 Å². The van der Waals surface area contributed by atoms with Gasteiger partial charge in [-0.3, -0.25) is 9.59 Å². The number of amides is 2. The van der Waals surface area contributed by atoms with E-state index in [9.17, 15) is 27.9 Å². The van der Waals surface area contributed by atoms with Gasteiger partial charge in [-0.05, 0) is 17.7 Å². The number of carbonyl (C=O) groups excluding carboxylic acids is 2. The third kappa shape index (κ3) is 3.46. The lowest BCUT2D eigenvalue weighted by atomic mass is 10.1. The summed E-state index contributed by atoms with van der Waals surface area (Å²) in [4.78, 5) is 26.1. The van der Waals surface area contributed by atoms with Crippen molar-refractivity contribution in [1.29, 1.82) is 0 Å². The normalized spacial score (nSPS) is 15.3. The van der Waals surface area contributed by atoms with Gasteiger partial charge in [-0.1, -0.05) is 12.1 Å². The zero-order chi connectivity index (χ0) is 17.4. The number of hydrogen-bond donors (Lipinski definition) is 1. The minimum Gasteiger partial charge on any atom is -0.503 e. The summed E-state index contributed by atoms with van der Waals surface area (Å²) < 4.78 is 37.5. The summed E-state index contributed by atoms with van der Waals surface area (Å²) in [7, 11) is 2.90. The maximum atomic E-state index is 12.5. The number of benzene rings is 1. The van der Waals surface area contributed by atoms with Crippen molar-refractivity contribution in [3.05, 3.63) is 46.7 Å². The second kappa shape index (κ2) is 5.94. The fourth-order valence-electron chi connectivity index (χ4n) is 2.24. The molecule has 0 atom stereocenters. The zero-order valence-corrected chi connectivity index (χ0v) is 12.5. The minimum absolute atomic E-state index is 0.000845. The molecule has 1 aliphatic rings. The van der Waals surface area contributed by atoms with Crippen molar-refractivity contribution < 1.29 is 27.9 Å². The Labute approximate surface area is 130 Å². The van der Waals surface area contributed by atoms with E-state index in [1.165, 1.54) is 36.0 Å². The number of carbonyl (C=O) groups is 2. The van der Waals surface area contributed by atoms with Crippen molar-refractivity contribution in [2.75, 3.05) is 20.6 Å². The van der Waals surface area contributed by atoms with Gasteiger partial charge in [0, 0.05) is 20.6 Å². The van der Waals surface area contributed by atoms with E-state index in [1.807, 2.05) is 0 Å². The van der Waals surface area contributed by atoms with E-state index in [2.05, 4.69) is 0 Å². The molecule has 0 unspecified atom stereocenters. The number of likely N-dealkylation sites (N-methyl/N-ethyl adjacent to an activating group) is 2. The van der Waals surface area contributed by atoms with Crippen LogP contribution in [0.25, 0.3) is 0 Å². The van der Waals surface area contributed by atoms with Crippen molar-refractivity contribution >= 4 is 11.8 Å². The summed E-state index contributed by atoms with van der Waals surface area (Å²) in [5, 5.41) is 9.66. The SMILES string of the molecule is CN1CC(C(=O)N(C)Cc2ccc(C(F)(F)F)cc2)=C(O)C1=O. The molecule has 0 fully saturated rings. The summed E-state index contributed by atoms with van der Waals surface area (Å²) in [6, 6.07) is 4.45. The molecule has 0 saturated carbocycles. The molecule has 0 spiro atoms. The highest BCUT2D eigenvalue weighted by Gasteiger charge is 2.33. The number of nitrogens with zero attached hydrogens (tertiary/aromatic N) is 2. The Kier molecular flexibility index (Phi) is 4.35. The predicted molar refractivity (Wildman–Crippen MR) is 75.2 cm³/mol. The molecule has 1 aromatic carbocycles. The molecule has 0 aromatic heterocycles. The van der Waals surface area contributed by atoms with E-state index in [0.717, 1.165) is 12.1 Å². The first-order valence-electron chi connectivity index (χ1n) is 6.70. The average Bonchev–Trinajstić information content (AvgIpc) is 2.73. The summed E-state index contributed by atoms with van der Waals surface area (Å²) >= 11 is 0. The predicted octanol–water partition coefficient (Wildman–Crippen LogP) is 1.95. The second-order valence-electron chi connectivity index (χ2n) is 5.34. The molecule has 0 radical (unpaired) electrons. The molecule has 1 aliphatic heterocycles. The lowest BCUT2D eigenvalue weighted by molar-refractivity contribution is -0.137. The Morgan fingerprint density at radius 3 is 2.30 bits per heavy atom. The first-order chi connectivity index (χ1) is 10.6. The molecule has 1 N–H and O–H groups in total. The highest BCUT2D eigenvalue weighted by Crippen LogP contribution is 2.29. The van der Waals surface area contributed by atoms with Gasteiger partial charge in [0.1, 0.15) is 0 Å². The maximum absolute atomic E-state index is 12.5. The quantitative estimate of drug-likeness (QED) is 0.922. The summed E-state index contributed by atoms with van der Waals surface area (Å²) in [6.07, 6.45) is -4.41. The van der Waals surface area contributed by atoms with Crippen LogP contribution in [0.15, 0.2) is 35.6 Å². The number of alkyl halides is 3. The van der Waals surface area contributed by atoms with Crippen LogP contribution in [0.4, 0.5) is 13.2 Å². The van der Waals surface area contributed by atoms with E-state index in [-0.39, 0.29) is 18.7 Å². The third-order valence-electron chi connectivity index (χ3n) is 3.54. The molecule has 1 heterocycles. The van der Waals surface area contributed by atoms with Gasteiger partial charge in [0.15, 0.2) is 5.76 Å². The highest BCUT2D eigenvalue weighted by molar-refractivity contribution is 6.06. The first-order valence-corrected chi connectivity index (χ1v) is 6.70. The van der Waals surface area contributed by atoms with Crippen LogP contribution in [-0.4, -0.2) is 47.4 Å². The topological polar surface area (TPSA) is 60.9 Å². The van der Waals surface area contributed by atoms with Gasteiger partial charge in [0.05, 0.1) is 17.7 Å². The fourth-order valence-corrected chi connectivity index (χ4v) is 2.24. The van der Waals surface area contributed by atoms with Gasteiger partial charge in [0.2, 0.25) is 0 Å². The Morgan fingerprint density at radius 1 is 1.30 bits per heavy atom. The van der Waals surface area contributed by atoms with Gasteiger partial charge >= 0.3 is 6.18 Å². The van der Waals surface area contributed by atoms with Crippen LogP contribution in [0.3, 0.4) is 0 Å². The molecule has 2 rings (SSSR count). The minimum atomic E-state index is -4.41. The number of hydrogen-bond acceptors (Lipinski definition) is 3. The molecule has 2 amide bonds. The molecular weight excluding hydrogens is 313 g/mol. The largest absolute Gasteiger partial charge is 0.503 e. The van der Waals surface area contributed by atoms with E-state index in [4.69, 9.17) is 0 Å². The van der Waals surface area contributed by atoms with Crippen molar-refractivity contribution in [2.24, 2.45) is 0 Å². The first kappa shape index (κ1) is 16.9. The molecule has 1 aromatic rings. The Bertz CT molecular complexity index is 666. The van der Waals surface area contributed by atoms with Crippen LogP contribution in [0.1, 0.15) is 11.1 Å². The number of aliphatic hydroxyl groups is 1. The Morgan fingerprint density at radius 2 is 1.87 bits per heavy atom. The van der Waals surface area contributed by atoms with Crippen LogP contribution < -0.4 is 0 Å². The van der Waals surface area contributed by atoms with Crippen molar-refractivity contribution in [3.8, 4) is 0 Å². The van der Waals surface area contributed by atoms with Gasteiger partial charge in [-0.2, -0.15) is 13.2 Å². The van der Waals surface area contributed by atoms with Crippen LogP contribution in [0, 0.1) is 0 Å². The van der Waals surface area contributed by atoms with Gasteiger partial charge in [0.25, 0.3) is 11.8 Å². The monoisotopic (exact) mass is 328 g/mol. The van der Waals surface area contributed by atoms with E-state index in [0.29, 0.717) is 5.56 Å². The van der Waals surface area contributed by atoms with Crippen LogP contribution >= 0.6 is 0 Å². The molecule has 0 saturated heterocycles.